The smallest absolute Gasteiger partial charge is 0.304 e. The van der Waals surface area contributed by atoms with Crippen molar-refractivity contribution in [1.29, 1.82) is 0 Å². The largest absolute Gasteiger partial charge is 0.481 e. The molecule has 0 spiro atoms. The molecule has 0 aromatic rings. The van der Waals surface area contributed by atoms with Crippen molar-refractivity contribution in [3.05, 3.63) is 0 Å². The molecule has 0 radical (unpaired) electrons. The van der Waals surface area contributed by atoms with Crippen LogP contribution in [0.3, 0.4) is 0 Å². The van der Waals surface area contributed by atoms with E-state index in [0.717, 1.165) is 13.1 Å². The number of carbonyl (C=O) groups is 1. The molecule has 1 N–H and O–H groups in total. The molecule has 112 valence electrons. The van der Waals surface area contributed by atoms with Gasteiger partial charge in [0.15, 0.2) is 0 Å². The topological polar surface area (TPSA) is 40.5 Å². The monoisotopic (exact) mass is 269 g/mol. The predicted octanol–water partition coefficient (Wildman–Crippen LogP) is 4.07. The molecule has 1 fully saturated rings. The van der Waals surface area contributed by atoms with Crippen LogP contribution in [-0.4, -0.2) is 35.1 Å². The van der Waals surface area contributed by atoms with Gasteiger partial charge in [-0.1, -0.05) is 51.9 Å². The molecule has 1 aliphatic rings. The zero-order valence-electron chi connectivity index (χ0n) is 12.6. The number of carboxylic acid groups (broad SMARTS) is 1. The summed E-state index contributed by atoms with van der Waals surface area (Å²) in [7, 11) is 0. The van der Waals surface area contributed by atoms with E-state index in [9.17, 15) is 4.79 Å². The zero-order valence-corrected chi connectivity index (χ0v) is 12.6. The number of hydrogen-bond acceptors (Lipinski definition) is 2. The summed E-state index contributed by atoms with van der Waals surface area (Å²) in [4.78, 5) is 13.2. The van der Waals surface area contributed by atoms with Crippen LogP contribution in [0.2, 0.25) is 0 Å². The minimum absolute atomic E-state index is 0.297. The Morgan fingerprint density at radius 2 is 1.74 bits per heavy atom. The summed E-state index contributed by atoms with van der Waals surface area (Å²) >= 11 is 0. The van der Waals surface area contributed by atoms with Crippen LogP contribution in [0.15, 0.2) is 0 Å². The molecule has 3 heteroatoms. The van der Waals surface area contributed by atoms with Gasteiger partial charge >= 0.3 is 5.97 Å². The van der Waals surface area contributed by atoms with Crippen molar-refractivity contribution in [3.63, 3.8) is 0 Å². The maximum Gasteiger partial charge on any atom is 0.304 e. The first-order valence-corrected chi connectivity index (χ1v) is 8.20. The van der Waals surface area contributed by atoms with E-state index in [1.165, 1.54) is 64.2 Å². The third-order valence-electron chi connectivity index (χ3n) is 4.25. The average molecular weight is 269 g/mol. The first kappa shape index (κ1) is 16.5. The van der Waals surface area contributed by atoms with Crippen LogP contribution < -0.4 is 0 Å². The molecule has 0 aromatic carbocycles. The maximum absolute atomic E-state index is 10.8. The van der Waals surface area contributed by atoms with Gasteiger partial charge in [-0.15, -0.1) is 0 Å². The standard InChI is InChI=1S/C16H31NO2/c1-2-3-4-5-9-13-17(14-12-16(18)19)15-10-7-6-8-11-15/h15H,2-14H2,1H3,(H,18,19). The highest BCUT2D eigenvalue weighted by Gasteiger charge is 2.20. The van der Waals surface area contributed by atoms with Crippen molar-refractivity contribution < 1.29 is 9.90 Å². The van der Waals surface area contributed by atoms with E-state index in [0.29, 0.717) is 12.5 Å². The van der Waals surface area contributed by atoms with Gasteiger partial charge in [-0.25, -0.2) is 0 Å². The highest BCUT2D eigenvalue weighted by molar-refractivity contribution is 5.66. The van der Waals surface area contributed by atoms with Crippen molar-refractivity contribution in [1.82, 2.24) is 4.90 Å². The van der Waals surface area contributed by atoms with Crippen LogP contribution in [0.5, 0.6) is 0 Å². The van der Waals surface area contributed by atoms with Crippen LogP contribution in [0.1, 0.15) is 77.6 Å². The number of carboxylic acids is 1. The molecule has 0 unspecified atom stereocenters. The molecule has 0 bridgehead atoms. The fourth-order valence-electron chi connectivity index (χ4n) is 3.08. The van der Waals surface area contributed by atoms with Crippen molar-refractivity contribution in [2.45, 2.75) is 83.6 Å². The lowest BCUT2D eigenvalue weighted by Gasteiger charge is -2.34. The molecular weight excluding hydrogens is 238 g/mol. The van der Waals surface area contributed by atoms with Gasteiger partial charge in [-0.05, 0) is 25.8 Å². The van der Waals surface area contributed by atoms with Crippen molar-refractivity contribution in [3.8, 4) is 0 Å². The quantitative estimate of drug-likeness (QED) is 0.608. The van der Waals surface area contributed by atoms with Crippen LogP contribution >= 0.6 is 0 Å². The lowest BCUT2D eigenvalue weighted by molar-refractivity contribution is -0.137. The van der Waals surface area contributed by atoms with E-state index in [-0.39, 0.29) is 0 Å². The zero-order chi connectivity index (χ0) is 13.9. The predicted molar refractivity (Wildman–Crippen MR) is 79.5 cm³/mol. The first-order valence-electron chi connectivity index (χ1n) is 8.20. The molecule has 1 rings (SSSR count). The van der Waals surface area contributed by atoms with Gasteiger partial charge in [0.25, 0.3) is 0 Å². The van der Waals surface area contributed by atoms with Gasteiger partial charge < -0.3 is 5.11 Å². The molecule has 0 heterocycles. The Morgan fingerprint density at radius 1 is 1.05 bits per heavy atom. The second-order valence-electron chi connectivity index (χ2n) is 5.89. The summed E-state index contributed by atoms with van der Waals surface area (Å²) in [6.45, 7) is 4.08. The summed E-state index contributed by atoms with van der Waals surface area (Å²) in [6, 6.07) is 0.652. The van der Waals surface area contributed by atoms with Crippen LogP contribution in [0.4, 0.5) is 0 Å². The lowest BCUT2D eigenvalue weighted by atomic mass is 9.94. The van der Waals surface area contributed by atoms with Gasteiger partial charge in [0.2, 0.25) is 0 Å². The number of hydrogen-bond donors (Lipinski definition) is 1. The highest BCUT2D eigenvalue weighted by atomic mass is 16.4. The number of unbranched alkanes of at least 4 members (excludes halogenated alkanes) is 4. The van der Waals surface area contributed by atoms with E-state index in [4.69, 9.17) is 5.11 Å². The molecule has 0 saturated heterocycles. The first-order chi connectivity index (χ1) is 9.24. The fourth-order valence-corrected chi connectivity index (χ4v) is 3.08. The molecule has 0 amide bonds. The minimum atomic E-state index is -0.660. The van der Waals surface area contributed by atoms with Crippen molar-refractivity contribution >= 4 is 5.97 Å². The molecule has 3 nitrogen and oxygen atoms in total. The lowest BCUT2D eigenvalue weighted by Crippen LogP contribution is -2.38. The van der Waals surface area contributed by atoms with Gasteiger partial charge in [0.05, 0.1) is 6.42 Å². The molecule has 0 aliphatic heterocycles. The van der Waals surface area contributed by atoms with Gasteiger partial charge in [-0.3, -0.25) is 9.69 Å². The van der Waals surface area contributed by atoms with Crippen molar-refractivity contribution in [2.75, 3.05) is 13.1 Å². The minimum Gasteiger partial charge on any atom is -0.481 e. The summed E-state index contributed by atoms with van der Waals surface area (Å²) < 4.78 is 0. The SMILES string of the molecule is CCCCCCCN(CCC(=O)O)C1CCCCC1. The number of rotatable bonds is 10. The molecular formula is C16H31NO2. The second kappa shape index (κ2) is 10.2. The molecule has 0 atom stereocenters. The molecule has 19 heavy (non-hydrogen) atoms. The Hall–Kier alpha value is -0.570. The van der Waals surface area contributed by atoms with Crippen LogP contribution in [0.25, 0.3) is 0 Å². The Bertz CT molecular complexity index is 237. The second-order valence-corrected chi connectivity index (χ2v) is 5.89. The van der Waals surface area contributed by atoms with E-state index >= 15 is 0 Å². The normalized spacial score (nSPS) is 16.9. The van der Waals surface area contributed by atoms with E-state index in [2.05, 4.69) is 11.8 Å². The molecule has 0 aromatic heterocycles. The Kier molecular flexibility index (Phi) is 8.89. The van der Waals surface area contributed by atoms with E-state index in [1.54, 1.807) is 0 Å². The molecule has 1 saturated carbocycles. The maximum atomic E-state index is 10.8. The summed E-state index contributed by atoms with van der Waals surface area (Å²) in [5.74, 6) is -0.660. The van der Waals surface area contributed by atoms with E-state index < -0.39 is 5.97 Å². The highest BCUT2D eigenvalue weighted by Crippen LogP contribution is 2.23. The third-order valence-corrected chi connectivity index (χ3v) is 4.25. The van der Waals surface area contributed by atoms with E-state index in [1.807, 2.05) is 0 Å². The van der Waals surface area contributed by atoms with Gasteiger partial charge in [-0.2, -0.15) is 0 Å². The van der Waals surface area contributed by atoms with Gasteiger partial charge in [0.1, 0.15) is 0 Å². The third kappa shape index (κ3) is 7.56. The Balaban J connectivity index is 2.28. The summed E-state index contributed by atoms with van der Waals surface area (Å²) in [5, 5.41) is 8.88. The van der Waals surface area contributed by atoms with Crippen LogP contribution in [0, 0.1) is 0 Å². The fraction of sp³-hybridized carbons (Fsp3) is 0.938. The average Bonchev–Trinajstić information content (AvgIpc) is 2.42. The summed E-state index contributed by atoms with van der Waals surface area (Å²) in [6.07, 6.45) is 13.3. The van der Waals surface area contributed by atoms with Gasteiger partial charge in [0, 0.05) is 12.6 Å². The Morgan fingerprint density at radius 3 is 2.37 bits per heavy atom. The van der Waals surface area contributed by atoms with Crippen LogP contribution in [-0.2, 0) is 4.79 Å². The van der Waals surface area contributed by atoms with Crippen molar-refractivity contribution in [2.24, 2.45) is 0 Å². The molecule has 1 aliphatic carbocycles. The Labute approximate surface area is 118 Å². The summed E-state index contributed by atoms with van der Waals surface area (Å²) in [5.41, 5.74) is 0. The number of aliphatic carboxylic acids is 1. The number of nitrogens with zero attached hydrogens (tertiary/aromatic N) is 1.